The number of aliphatic hydroxyl groups excluding tert-OH is 1. The predicted octanol–water partition coefficient (Wildman–Crippen LogP) is 4.10. The maximum absolute atomic E-state index is 9.29. The molecule has 0 bridgehead atoms. The summed E-state index contributed by atoms with van der Waals surface area (Å²) < 4.78 is 5.45. The van der Waals surface area contributed by atoms with Gasteiger partial charge < -0.3 is 9.52 Å². The molecule has 0 amide bonds. The molecule has 120 valence electrons. The first-order chi connectivity index (χ1) is 10.5. The van der Waals surface area contributed by atoms with Crippen LogP contribution in [-0.4, -0.2) is 28.1 Å². The Hall–Kier alpha value is -1.07. The van der Waals surface area contributed by atoms with Gasteiger partial charge in [-0.15, -0.1) is 0 Å². The zero-order chi connectivity index (χ0) is 16.1. The van der Waals surface area contributed by atoms with Crippen molar-refractivity contribution in [3.05, 3.63) is 51.7 Å². The quantitative estimate of drug-likeness (QED) is 0.822. The highest BCUT2D eigenvalue weighted by Crippen LogP contribution is 2.24. The molecule has 22 heavy (non-hydrogen) atoms. The van der Waals surface area contributed by atoms with Gasteiger partial charge in [-0.2, -0.15) is 0 Å². The lowest BCUT2D eigenvalue weighted by atomic mass is 10.1. The van der Waals surface area contributed by atoms with E-state index >= 15 is 0 Å². The van der Waals surface area contributed by atoms with Crippen LogP contribution in [0.4, 0.5) is 0 Å². The Balaban J connectivity index is 2.12. The highest BCUT2D eigenvalue weighted by molar-refractivity contribution is 6.42. The smallest absolute Gasteiger partial charge is 0.181 e. The van der Waals surface area contributed by atoms with E-state index in [0.29, 0.717) is 29.7 Å². The van der Waals surface area contributed by atoms with Crippen LogP contribution in [-0.2, 0) is 13.1 Å². The monoisotopic (exact) mass is 342 g/mol. The van der Waals surface area contributed by atoms with E-state index in [4.69, 9.17) is 27.6 Å². The van der Waals surface area contributed by atoms with Crippen LogP contribution >= 0.6 is 23.2 Å². The van der Waals surface area contributed by atoms with Gasteiger partial charge in [-0.05, 0) is 17.7 Å². The molecule has 0 radical (unpaired) electrons. The molecule has 2 rings (SSSR count). The van der Waals surface area contributed by atoms with E-state index in [1.165, 1.54) is 6.39 Å². The fourth-order valence-corrected chi connectivity index (χ4v) is 2.65. The third-order valence-corrected chi connectivity index (χ3v) is 4.12. The maximum atomic E-state index is 9.29. The summed E-state index contributed by atoms with van der Waals surface area (Å²) in [6, 6.07) is 5.57. The van der Waals surface area contributed by atoms with E-state index in [-0.39, 0.29) is 12.5 Å². The molecule has 2 aromatic rings. The van der Waals surface area contributed by atoms with Crippen LogP contribution in [0.2, 0.25) is 10.0 Å². The number of nitrogens with zero attached hydrogens (tertiary/aromatic N) is 2. The SMILES string of the molecule is CC(C)c1ocnc1CN(CCO)Cc1ccc(Cl)c(Cl)c1. The molecular formula is C16H20Cl2N2O2. The van der Waals surface area contributed by atoms with Crippen LogP contribution in [0.15, 0.2) is 29.0 Å². The Morgan fingerprint density at radius 3 is 2.64 bits per heavy atom. The Morgan fingerprint density at radius 1 is 1.23 bits per heavy atom. The molecule has 0 aliphatic rings. The summed E-state index contributed by atoms with van der Waals surface area (Å²) in [4.78, 5) is 6.40. The van der Waals surface area contributed by atoms with Gasteiger partial charge >= 0.3 is 0 Å². The number of halogens is 2. The van der Waals surface area contributed by atoms with Gasteiger partial charge in [-0.1, -0.05) is 43.1 Å². The largest absolute Gasteiger partial charge is 0.448 e. The van der Waals surface area contributed by atoms with Crippen LogP contribution in [0.1, 0.15) is 36.8 Å². The molecule has 0 spiro atoms. The second-order valence-electron chi connectivity index (χ2n) is 5.50. The maximum Gasteiger partial charge on any atom is 0.181 e. The molecule has 1 aromatic carbocycles. The molecule has 4 nitrogen and oxygen atoms in total. The minimum atomic E-state index is 0.0795. The summed E-state index contributed by atoms with van der Waals surface area (Å²) in [5.41, 5.74) is 1.95. The summed E-state index contributed by atoms with van der Waals surface area (Å²) in [6.45, 7) is 6.03. The second-order valence-corrected chi connectivity index (χ2v) is 6.32. The van der Waals surface area contributed by atoms with Gasteiger partial charge in [0.25, 0.3) is 0 Å². The fourth-order valence-electron chi connectivity index (χ4n) is 2.33. The van der Waals surface area contributed by atoms with Crippen LogP contribution < -0.4 is 0 Å². The van der Waals surface area contributed by atoms with Crippen LogP contribution in [0, 0.1) is 0 Å². The molecule has 1 heterocycles. The first kappa shape index (κ1) is 17.3. The predicted molar refractivity (Wildman–Crippen MR) is 88.3 cm³/mol. The topological polar surface area (TPSA) is 49.5 Å². The molecular weight excluding hydrogens is 323 g/mol. The number of hydrogen-bond acceptors (Lipinski definition) is 4. The van der Waals surface area contributed by atoms with E-state index < -0.39 is 0 Å². The van der Waals surface area contributed by atoms with Gasteiger partial charge in [0.15, 0.2) is 6.39 Å². The Bertz CT molecular complexity index is 614. The normalized spacial score (nSPS) is 11.6. The molecule has 1 N–H and O–H groups in total. The Morgan fingerprint density at radius 2 is 2.00 bits per heavy atom. The van der Waals surface area contributed by atoms with Gasteiger partial charge in [0.05, 0.1) is 22.3 Å². The Kier molecular flexibility index (Phi) is 6.26. The molecule has 0 atom stereocenters. The number of aromatic nitrogens is 1. The van der Waals surface area contributed by atoms with E-state index in [1.807, 2.05) is 12.1 Å². The van der Waals surface area contributed by atoms with Gasteiger partial charge in [-0.25, -0.2) is 4.98 Å². The number of rotatable bonds is 7. The number of oxazole rings is 1. The van der Waals surface area contributed by atoms with E-state index in [0.717, 1.165) is 17.0 Å². The van der Waals surface area contributed by atoms with Crippen molar-refractivity contribution in [2.75, 3.05) is 13.2 Å². The molecule has 0 aliphatic carbocycles. The van der Waals surface area contributed by atoms with E-state index in [1.54, 1.807) is 6.07 Å². The summed E-state index contributed by atoms with van der Waals surface area (Å²) >= 11 is 12.0. The van der Waals surface area contributed by atoms with E-state index in [9.17, 15) is 5.11 Å². The third-order valence-electron chi connectivity index (χ3n) is 3.38. The van der Waals surface area contributed by atoms with Gasteiger partial charge in [0.1, 0.15) is 5.76 Å². The van der Waals surface area contributed by atoms with Crippen LogP contribution in [0.3, 0.4) is 0 Å². The van der Waals surface area contributed by atoms with Crippen molar-refractivity contribution >= 4 is 23.2 Å². The molecule has 6 heteroatoms. The van der Waals surface area contributed by atoms with Gasteiger partial charge in [0, 0.05) is 25.6 Å². The minimum Gasteiger partial charge on any atom is -0.448 e. The lowest BCUT2D eigenvalue weighted by Crippen LogP contribution is -2.26. The van der Waals surface area contributed by atoms with Crippen molar-refractivity contribution in [2.45, 2.75) is 32.9 Å². The molecule has 0 aliphatic heterocycles. The molecule has 0 saturated heterocycles. The van der Waals surface area contributed by atoms with Crippen molar-refractivity contribution in [1.29, 1.82) is 0 Å². The number of hydrogen-bond donors (Lipinski definition) is 1. The number of aliphatic hydroxyl groups is 1. The standard InChI is InChI=1S/C16H20Cl2N2O2/c1-11(2)16-15(19-10-22-16)9-20(5-6-21)8-12-3-4-13(17)14(18)7-12/h3-4,7,10-11,21H,5-6,8-9H2,1-2H3. The molecule has 1 aromatic heterocycles. The minimum absolute atomic E-state index is 0.0795. The summed E-state index contributed by atoms with van der Waals surface area (Å²) in [6.07, 6.45) is 1.47. The van der Waals surface area contributed by atoms with E-state index in [2.05, 4.69) is 23.7 Å². The summed E-state index contributed by atoms with van der Waals surface area (Å²) in [5.74, 6) is 1.16. The van der Waals surface area contributed by atoms with Crippen molar-refractivity contribution in [1.82, 2.24) is 9.88 Å². The van der Waals surface area contributed by atoms with Crippen molar-refractivity contribution in [2.24, 2.45) is 0 Å². The van der Waals surface area contributed by atoms with Gasteiger partial charge in [-0.3, -0.25) is 4.90 Å². The van der Waals surface area contributed by atoms with Crippen molar-refractivity contribution < 1.29 is 9.52 Å². The highest BCUT2D eigenvalue weighted by atomic mass is 35.5. The molecule has 0 fully saturated rings. The average molecular weight is 343 g/mol. The first-order valence-corrected chi connectivity index (χ1v) is 7.96. The Labute approximate surface area is 140 Å². The molecule has 0 unspecified atom stereocenters. The van der Waals surface area contributed by atoms with Crippen molar-refractivity contribution in [3.63, 3.8) is 0 Å². The highest BCUT2D eigenvalue weighted by Gasteiger charge is 2.16. The van der Waals surface area contributed by atoms with Gasteiger partial charge in [0.2, 0.25) is 0 Å². The average Bonchev–Trinajstić information content (AvgIpc) is 2.91. The van der Waals surface area contributed by atoms with Crippen LogP contribution in [0.5, 0.6) is 0 Å². The zero-order valence-electron chi connectivity index (χ0n) is 12.7. The third kappa shape index (κ3) is 4.46. The lowest BCUT2D eigenvalue weighted by molar-refractivity contribution is 0.182. The number of benzene rings is 1. The van der Waals surface area contributed by atoms with Crippen LogP contribution in [0.25, 0.3) is 0 Å². The summed E-state index contributed by atoms with van der Waals surface area (Å²) in [5, 5.41) is 10.4. The molecule has 0 saturated carbocycles. The fraction of sp³-hybridized carbons (Fsp3) is 0.438. The zero-order valence-corrected chi connectivity index (χ0v) is 14.2. The van der Waals surface area contributed by atoms with Crippen molar-refractivity contribution in [3.8, 4) is 0 Å². The first-order valence-electron chi connectivity index (χ1n) is 7.20. The second kappa shape index (κ2) is 7.97. The lowest BCUT2D eigenvalue weighted by Gasteiger charge is -2.21. The summed E-state index contributed by atoms with van der Waals surface area (Å²) in [7, 11) is 0.